The Kier molecular flexibility index (Phi) is 0.957. The molecule has 0 amide bonds. The van der Waals surface area contributed by atoms with E-state index in [2.05, 4.69) is 9.79 Å². The zero-order valence-electron chi connectivity index (χ0n) is 3.77. The Morgan fingerprint density at radius 3 is 3.00 bits per heavy atom. The molecule has 0 atom stereocenters. The molecular formula is C3H2N2O3. The van der Waals surface area contributed by atoms with Crippen molar-refractivity contribution in [1.29, 1.82) is 0 Å². The lowest BCUT2D eigenvalue weighted by Crippen LogP contribution is -2.27. The third-order valence-corrected chi connectivity index (χ3v) is 0.638. The maximum absolute atomic E-state index is 10.1. The molecule has 0 fully saturated rings. The maximum atomic E-state index is 10.1. The molecular weight excluding hydrogens is 112 g/mol. The second-order valence-electron chi connectivity index (χ2n) is 1.12. The number of hydrogen-bond acceptors (Lipinski definition) is 4. The predicted molar refractivity (Wildman–Crippen MR) is 20.9 cm³/mol. The first-order valence-electron chi connectivity index (χ1n) is 1.84. The minimum atomic E-state index is -0.120. The normalized spacial score (nSPS) is 9.00. The predicted octanol–water partition coefficient (Wildman–Crippen LogP) is -0.879. The van der Waals surface area contributed by atoms with Crippen molar-refractivity contribution in [3.8, 4) is 0 Å². The number of carbonyl (C=O) groups is 1. The Hall–Kier alpha value is -1.39. The second-order valence-corrected chi connectivity index (χ2v) is 1.12. The highest BCUT2D eigenvalue weighted by molar-refractivity contribution is 5.68. The van der Waals surface area contributed by atoms with Crippen LogP contribution in [0.3, 0.4) is 0 Å². The van der Waals surface area contributed by atoms with Crippen molar-refractivity contribution in [2.75, 3.05) is 0 Å². The minimum Gasteiger partial charge on any atom is -0.359 e. The van der Waals surface area contributed by atoms with E-state index in [1.807, 2.05) is 0 Å². The van der Waals surface area contributed by atoms with Gasteiger partial charge in [0.2, 0.25) is 6.20 Å². The Balaban J connectivity index is 3.09. The smallest absolute Gasteiger partial charge is 0.257 e. The van der Waals surface area contributed by atoms with Crippen LogP contribution >= 0.6 is 0 Å². The average molecular weight is 114 g/mol. The van der Waals surface area contributed by atoms with E-state index in [0.717, 1.165) is 6.20 Å². The molecule has 0 radical (unpaired) electrons. The topological polar surface area (TPSA) is 70.0 Å². The van der Waals surface area contributed by atoms with Crippen LogP contribution in [0, 0.1) is 5.21 Å². The number of hydrogen-bond donors (Lipinski definition) is 0. The van der Waals surface area contributed by atoms with Gasteiger partial charge >= 0.3 is 0 Å². The van der Waals surface area contributed by atoms with Gasteiger partial charge in [-0.15, -0.1) is 0 Å². The van der Waals surface area contributed by atoms with Crippen LogP contribution in [0.4, 0.5) is 0 Å². The molecule has 5 nitrogen and oxygen atoms in total. The molecule has 0 aliphatic carbocycles. The van der Waals surface area contributed by atoms with Gasteiger partial charge in [-0.25, -0.2) is 0 Å². The lowest BCUT2D eigenvalue weighted by atomic mass is 10.6. The van der Waals surface area contributed by atoms with Crippen LogP contribution in [0.5, 0.6) is 0 Å². The van der Waals surface area contributed by atoms with E-state index in [1.54, 1.807) is 0 Å². The van der Waals surface area contributed by atoms with Crippen LogP contribution in [0.15, 0.2) is 10.8 Å². The summed E-state index contributed by atoms with van der Waals surface area (Å²) >= 11 is 0. The number of nitrogens with zero attached hydrogens (tertiary/aromatic N) is 2. The van der Waals surface area contributed by atoms with Gasteiger partial charge in [-0.2, -0.15) is 0 Å². The highest BCUT2D eigenvalue weighted by Gasteiger charge is 2.01. The molecule has 0 aliphatic heterocycles. The van der Waals surface area contributed by atoms with Crippen molar-refractivity contribution >= 4 is 6.29 Å². The number of rotatable bonds is 1. The van der Waals surface area contributed by atoms with Crippen LogP contribution in [-0.4, -0.2) is 11.4 Å². The van der Waals surface area contributed by atoms with Crippen molar-refractivity contribution in [2.24, 2.45) is 0 Å². The maximum Gasteiger partial charge on any atom is 0.257 e. The quantitative estimate of drug-likeness (QED) is 0.351. The molecule has 42 valence electrons. The molecule has 0 N–H and O–H groups in total. The van der Waals surface area contributed by atoms with Gasteiger partial charge < -0.3 is 5.21 Å². The lowest BCUT2D eigenvalue weighted by Gasteiger charge is -1.80. The summed E-state index contributed by atoms with van der Waals surface area (Å²) in [4.78, 5) is 9.80. The van der Waals surface area contributed by atoms with Crippen molar-refractivity contribution in [1.82, 2.24) is 5.16 Å². The standard InChI is InChI=1S/C3H2N2O3/c6-2-3-1-4-8-5(3)7/h1-2H. The summed E-state index contributed by atoms with van der Waals surface area (Å²) in [5, 5.41) is 13.1. The molecule has 8 heavy (non-hydrogen) atoms. The molecule has 0 aromatic carbocycles. The molecule has 0 unspecified atom stereocenters. The first-order valence-corrected chi connectivity index (χ1v) is 1.84. The Bertz CT molecular complexity index is 194. The SMILES string of the molecule is O=Cc1cno[n+]1[O-]. The van der Waals surface area contributed by atoms with Crippen LogP contribution < -0.4 is 4.90 Å². The van der Waals surface area contributed by atoms with Crippen LogP contribution in [0.1, 0.15) is 10.5 Å². The molecule has 5 heteroatoms. The molecule has 1 heterocycles. The monoisotopic (exact) mass is 114 g/mol. The van der Waals surface area contributed by atoms with Gasteiger partial charge in [-0.05, 0) is 4.90 Å². The molecule has 1 aromatic rings. The van der Waals surface area contributed by atoms with E-state index in [0.29, 0.717) is 6.29 Å². The fraction of sp³-hybridized carbons (Fsp3) is 0. The second kappa shape index (κ2) is 1.61. The largest absolute Gasteiger partial charge is 0.359 e. The molecule has 0 bridgehead atoms. The van der Waals surface area contributed by atoms with E-state index >= 15 is 0 Å². The molecule has 1 rings (SSSR count). The molecule has 0 saturated carbocycles. The number of aromatic nitrogens is 2. The van der Waals surface area contributed by atoms with E-state index in [4.69, 9.17) is 0 Å². The van der Waals surface area contributed by atoms with Gasteiger partial charge in [0.15, 0.2) is 6.29 Å². The van der Waals surface area contributed by atoms with Gasteiger partial charge in [-0.3, -0.25) is 9.42 Å². The fourth-order valence-electron chi connectivity index (χ4n) is 0.288. The summed E-state index contributed by atoms with van der Waals surface area (Å²) in [6, 6.07) is 0. The molecule has 0 aliphatic rings. The summed E-state index contributed by atoms with van der Waals surface area (Å²) in [7, 11) is 0. The van der Waals surface area contributed by atoms with E-state index in [9.17, 15) is 10.0 Å². The van der Waals surface area contributed by atoms with Crippen molar-refractivity contribution in [3.63, 3.8) is 0 Å². The Labute approximate surface area is 44.1 Å². The van der Waals surface area contributed by atoms with Gasteiger partial charge in [0.25, 0.3) is 5.69 Å². The summed E-state index contributed by atoms with van der Waals surface area (Å²) in [5.41, 5.74) is -0.120. The molecule has 0 spiro atoms. The van der Waals surface area contributed by atoms with E-state index in [-0.39, 0.29) is 10.6 Å². The van der Waals surface area contributed by atoms with E-state index < -0.39 is 0 Å². The first-order chi connectivity index (χ1) is 3.84. The highest BCUT2D eigenvalue weighted by atomic mass is 16.8. The number of aldehydes is 1. The highest BCUT2D eigenvalue weighted by Crippen LogP contribution is 1.77. The first kappa shape index (κ1) is 4.76. The molecule has 1 aromatic heterocycles. The van der Waals surface area contributed by atoms with Crippen molar-refractivity contribution in [2.45, 2.75) is 0 Å². The van der Waals surface area contributed by atoms with Crippen LogP contribution in [-0.2, 0) is 0 Å². The zero-order chi connectivity index (χ0) is 5.98. The average Bonchev–Trinajstić information content (AvgIpc) is 2.14. The summed E-state index contributed by atoms with van der Waals surface area (Å²) in [6.07, 6.45) is 1.41. The Morgan fingerprint density at radius 1 is 2.00 bits per heavy atom. The fourth-order valence-corrected chi connectivity index (χ4v) is 0.288. The summed E-state index contributed by atoms with van der Waals surface area (Å²) in [6.45, 7) is 0. The van der Waals surface area contributed by atoms with Gasteiger partial charge in [0.1, 0.15) is 0 Å². The third-order valence-electron chi connectivity index (χ3n) is 0.638. The van der Waals surface area contributed by atoms with Crippen LogP contribution in [0.2, 0.25) is 0 Å². The van der Waals surface area contributed by atoms with Crippen molar-refractivity contribution < 1.29 is 14.3 Å². The van der Waals surface area contributed by atoms with Gasteiger partial charge in [0.05, 0.1) is 0 Å². The summed E-state index contributed by atoms with van der Waals surface area (Å²) < 4.78 is 3.94. The Morgan fingerprint density at radius 2 is 2.75 bits per heavy atom. The van der Waals surface area contributed by atoms with Crippen LogP contribution in [0.25, 0.3) is 0 Å². The zero-order valence-corrected chi connectivity index (χ0v) is 3.77. The van der Waals surface area contributed by atoms with Gasteiger partial charge in [-0.1, -0.05) is 0 Å². The minimum absolute atomic E-state index is 0.0347. The number of carbonyl (C=O) groups excluding carboxylic acids is 1. The van der Waals surface area contributed by atoms with E-state index in [1.165, 1.54) is 0 Å². The lowest BCUT2D eigenvalue weighted by molar-refractivity contribution is -0.803. The third kappa shape index (κ3) is 0.534. The van der Waals surface area contributed by atoms with Gasteiger partial charge in [0, 0.05) is 5.16 Å². The van der Waals surface area contributed by atoms with Crippen molar-refractivity contribution in [3.05, 3.63) is 17.1 Å². The molecule has 0 saturated heterocycles. The summed E-state index contributed by atoms with van der Waals surface area (Å²) in [5.74, 6) is 0.